The van der Waals surface area contributed by atoms with Gasteiger partial charge in [-0.15, -0.1) is 0 Å². The number of halogens is 1. The highest BCUT2D eigenvalue weighted by molar-refractivity contribution is 6.32. The molecule has 0 aliphatic heterocycles. The Hall–Kier alpha value is -2.47. The quantitative estimate of drug-likeness (QED) is 0.468. The number of hydrogen-bond acceptors (Lipinski definition) is 5. The zero-order chi connectivity index (χ0) is 18.9. The molecule has 0 saturated heterocycles. The smallest absolute Gasteiger partial charge is 0.407 e. The number of nitrogen functional groups attached to an aromatic ring is 1. The molecule has 2 rings (SSSR count). The third-order valence-corrected chi connectivity index (χ3v) is 4.08. The molecule has 0 spiro atoms. The molecule has 0 atom stereocenters. The van der Waals surface area contributed by atoms with Gasteiger partial charge in [-0.05, 0) is 43.5 Å². The number of aromatic nitrogens is 1. The standard InChI is InChI=1S/C19H25ClN4O2/c1-3-4-11-26-19(25)22-10-9-14-5-7-15(8-6-14)24-16-12-13(2)23-18(20)17(16)21/h5-8,12H,3-4,9-11,21H2,1-2H3,(H,22,25)(H,23,24). The molecule has 1 amide bonds. The van der Waals surface area contributed by atoms with Crippen LogP contribution in [0.15, 0.2) is 30.3 Å². The van der Waals surface area contributed by atoms with Crippen molar-refractivity contribution in [2.24, 2.45) is 0 Å². The van der Waals surface area contributed by atoms with E-state index in [-0.39, 0.29) is 6.09 Å². The number of carbonyl (C=O) groups excluding carboxylic acids is 1. The number of carbonyl (C=O) groups is 1. The maximum Gasteiger partial charge on any atom is 0.407 e. The highest BCUT2D eigenvalue weighted by Gasteiger charge is 2.07. The van der Waals surface area contributed by atoms with Crippen molar-refractivity contribution in [1.29, 1.82) is 0 Å². The fourth-order valence-corrected chi connectivity index (χ4v) is 2.56. The predicted octanol–water partition coefficient (Wildman–Crippen LogP) is 4.44. The van der Waals surface area contributed by atoms with E-state index in [9.17, 15) is 4.79 Å². The number of alkyl carbamates (subject to hydrolysis) is 1. The minimum atomic E-state index is -0.364. The number of benzene rings is 1. The van der Waals surface area contributed by atoms with Crippen LogP contribution in [0.25, 0.3) is 0 Å². The Morgan fingerprint density at radius 3 is 2.73 bits per heavy atom. The lowest BCUT2D eigenvalue weighted by molar-refractivity contribution is 0.144. The molecule has 0 aliphatic rings. The summed E-state index contributed by atoms with van der Waals surface area (Å²) >= 11 is 6.01. The lowest BCUT2D eigenvalue weighted by atomic mass is 10.1. The Bertz CT molecular complexity index is 735. The van der Waals surface area contributed by atoms with E-state index in [0.717, 1.165) is 41.9 Å². The Balaban J connectivity index is 1.84. The monoisotopic (exact) mass is 376 g/mol. The van der Waals surface area contributed by atoms with Crippen molar-refractivity contribution in [1.82, 2.24) is 10.3 Å². The van der Waals surface area contributed by atoms with Crippen LogP contribution in [0.3, 0.4) is 0 Å². The van der Waals surface area contributed by atoms with Crippen molar-refractivity contribution in [3.63, 3.8) is 0 Å². The van der Waals surface area contributed by atoms with E-state index in [1.807, 2.05) is 37.3 Å². The van der Waals surface area contributed by atoms with E-state index in [2.05, 4.69) is 22.5 Å². The number of unbranched alkanes of at least 4 members (excludes halogenated alkanes) is 1. The number of rotatable bonds is 8. The summed E-state index contributed by atoms with van der Waals surface area (Å²) in [6.45, 7) is 4.91. The van der Waals surface area contributed by atoms with Gasteiger partial charge in [0.1, 0.15) is 0 Å². The topological polar surface area (TPSA) is 89.3 Å². The van der Waals surface area contributed by atoms with Gasteiger partial charge in [0.2, 0.25) is 0 Å². The maximum atomic E-state index is 11.5. The second-order valence-corrected chi connectivity index (χ2v) is 6.36. The molecular weight excluding hydrogens is 352 g/mol. The van der Waals surface area contributed by atoms with Gasteiger partial charge < -0.3 is 21.1 Å². The van der Waals surface area contributed by atoms with Crippen LogP contribution in [0.5, 0.6) is 0 Å². The highest BCUT2D eigenvalue weighted by atomic mass is 35.5. The largest absolute Gasteiger partial charge is 0.450 e. The fraction of sp³-hybridized carbons (Fsp3) is 0.368. The summed E-state index contributed by atoms with van der Waals surface area (Å²) in [4.78, 5) is 15.6. The molecule has 0 unspecified atom stereocenters. The average Bonchev–Trinajstić information content (AvgIpc) is 2.61. The van der Waals surface area contributed by atoms with E-state index in [1.54, 1.807) is 0 Å². The van der Waals surface area contributed by atoms with E-state index in [0.29, 0.717) is 24.0 Å². The minimum Gasteiger partial charge on any atom is -0.450 e. The summed E-state index contributed by atoms with van der Waals surface area (Å²) in [6, 6.07) is 9.76. The van der Waals surface area contributed by atoms with Gasteiger partial charge in [-0.1, -0.05) is 37.1 Å². The summed E-state index contributed by atoms with van der Waals surface area (Å²) in [5.74, 6) is 0. The first kappa shape index (κ1) is 19.8. The number of amides is 1. The maximum absolute atomic E-state index is 11.5. The first-order valence-electron chi connectivity index (χ1n) is 8.68. The van der Waals surface area contributed by atoms with Crippen molar-refractivity contribution in [2.75, 3.05) is 24.2 Å². The summed E-state index contributed by atoms with van der Waals surface area (Å²) < 4.78 is 5.05. The van der Waals surface area contributed by atoms with Gasteiger partial charge in [0.15, 0.2) is 5.15 Å². The molecule has 0 saturated carbocycles. The third kappa shape index (κ3) is 6.11. The first-order valence-corrected chi connectivity index (χ1v) is 9.06. The zero-order valence-corrected chi connectivity index (χ0v) is 15.9. The molecular formula is C19H25ClN4O2. The normalized spacial score (nSPS) is 10.4. The molecule has 6 nitrogen and oxygen atoms in total. The van der Waals surface area contributed by atoms with E-state index >= 15 is 0 Å². The summed E-state index contributed by atoms with van der Waals surface area (Å²) in [5.41, 5.74) is 9.91. The Morgan fingerprint density at radius 2 is 2.04 bits per heavy atom. The van der Waals surface area contributed by atoms with Crippen LogP contribution in [0.1, 0.15) is 31.0 Å². The van der Waals surface area contributed by atoms with Gasteiger partial charge in [-0.2, -0.15) is 0 Å². The second kappa shape index (κ2) is 9.87. The molecule has 1 aromatic heterocycles. The SMILES string of the molecule is CCCCOC(=O)NCCc1ccc(Nc2cc(C)nc(Cl)c2N)cc1. The highest BCUT2D eigenvalue weighted by Crippen LogP contribution is 2.29. The van der Waals surface area contributed by atoms with Crippen molar-refractivity contribution < 1.29 is 9.53 Å². The van der Waals surface area contributed by atoms with Gasteiger partial charge in [-0.3, -0.25) is 0 Å². The minimum absolute atomic E-state index is 0.293. The molecule has 0 fully saturated rings. The van der Waals surface area contributed by atoms with E-state index < -0.39 is 0 Å². The van der Waals surface area contributed by atoms with Crippen LogP contribution in [-0.2, 0) is 11.2 Å². The summed E-state index contributed by atoms with van der Waals surface area (Å²) in [6.07, 6.45) is 2.25. The Kier molecular flexibility index (Phi) is 7.53. The van der Waals surface area contributed by atoms with Crippen molar-refractivity contribution in [3.05, 3.63) is 46.7 Å². The van der Waals surface area contributed by atoms with Gasteiger partial charge in [0.25, 0.3) is 0 Å². The fourth-order valence-electron chi connectivity index (χ4n) is 2.33. The van der Waals surface area contributed by atoms with Crippen molar-refractivity contribution in [2.45, 2.75) is 33.1 Å². The lowest BCUT2D eigenvalue weighted by Crippen LogP contribution is -2.26. The number of anilines is 3. The van der Waals surface area contributed by atoms with Crippen LogP contribution in [0.2, 0.25) is 5.15 Å². The molecule has 0 aliphatic carbocycles. The second-order valence-electron chi connectivity index (χ2n) is 6.00. The van der Waals surface area contributed by atoms with E-state index in [4.69, 9.17) is 22.1 Å². The molecule has 7 heteroatoms. The number of nitrogens with one attached hydrogen (secondary N) is 2. The van der Waals surface area contributed by atoms with Crippen LogP contribution in [-0.4, -0.2) is 24.2 Å². The van der Waals surface area contributed by atoms with Crippen molar-refractivity contribution >= 4 is 34.8 Å². The number of hydrogen-bond donors (Lipinski definition) is 3. The molecule has 4 N–H and O–H groups in total. The van der Waals surface area contributed by atoms with Gasteiger partial charge in [0, 0.05) is 17.9 Å². The van der Waals surface area contributed by atoms with Gasteiger partial charge >= 0.3 is 6.09 Å². The molecule has 0 bridgehead atoms. The number of nitrogens with two attached hydrogens (primary N) is 1. The van der Waals surface area contributed by atoms with Crippen molar-refractivity contribution in [3.8, 4) is 0 Å². The molecule has 26 heavy (non-hydrogen) atoms. The zero-order valence-electron chi connectivity index (χ0n) is 15.1. The third-order valence-electron chi connectivity index (χ3n) is 3.79. The van der Waals surface area contributed by atoms with Crippen LogP contribution in [0.4, 0.5) is 21.9 Å². The molecule has 140 valence electrons. The number of pyridine rings is 1. The molecule has 0 radical (unpaired) electrons. The average molecular weight is 377 g/mol. The summed E-state index contributed by atoms with van der Waals surface area (Å²) in [7, 11) is 0. The summed E-state index contributed by atoms with van der Waals surface area (Å²) in [5, 5.41) is 6.29. The molecule has 2 aromatic rings. The van der Waals surface area contributed by atoms with Gasteiger partial charge in [0.05, 0.1) is 18.0 Å². The number of aryl methyl sites for hydroxylation is 1. The Labute approximate surface area is 159 Å². The van der Waals surface area contributed by atoms with Crippen LogP contribution in [0, 0.1) is 6.92 Å². The number of ether oxygens (including phenoxy) is 1. The van der Waals surface area contributed by atoms with Crippen LogP contribution >= 0.6 is 11.6 Å². The van der Waals surface area contributed by atoms with E-state index in [1.165, 1.54) is 0 Å². The predicted molar refractivity (Wildman–Crippen MR) is 106 cm³/mol. The van der Waals surface area contributed by atoms with Gasteiger partial charge in [-0.25, -0.2) is 9.78 Å². The molecule has 1 aromatic carbocycles. The lowest BCUT2D eigenvalue weighted by Gasteiger charge is -2.12. The Morgan fingerprint density at radius 1 is 1.31 bits per heavy atom. The molecule has 1 heterocycles. The number of nitrogens with zero attached hydrogens (tertiary/aromatic N) is 1. The van der Waals surface area contributed by atoms with Crippen LogP contribution < -0.4 is 16.4 Å². The first-order chi connectivity index (χ1) is 12.5.